The molecular formula is C14H15ClN2O3S. The lowest BCUT2D eigenvalue weighted by molar-refractivity contribution is -0.133. The Hall–Kier alpha value is -1.37. The summed E-state index contributed by atoms with van der Waals surface area (Å²) in [6.45, 7) is 1.10. The molecular weight excluding hydrogens is 312 g/mol. The highest BCUT2D eigenvalue weighted by atomic mass is 35.5. The van der Waals surface area contributed by atoms with Gasteiger partial charge in [0.1, 0.15) is 6.54 Å². The smallest absolute Gasteiger partial charge is 0.308 e. The van der Waals surface area contributed by atoms with Crippen molar-refractivity contribution in [2.75, 3.05) is 13.1 Å². The lowest BCUT2D eigenvalue weighted by atomic mass is 10.1. The second-order valence-corrected chi connectivity index (χ2v) is 6.61. The number of rotatable bonds is 2. The second kappa shape index (κ2) is 5.79. The molecule has 7 heteroatoms. The number of halogens is 1. The predicted molar refractivity (Wildman–Crippen MR) is 82.9 cm³/mol. The van der Waals surface area contributed by atoms with Gasteiger partial charge in [-0.25, -0.2) is 0 Å². The van der Waals surface area contributed by atoms with Crippen LogP contribution in [-0.2, 0) is 11.3 Å². The van der Waals surface area contributed by atoms with E-state index in [-0.39, 0.29) is 23.4 Å². The van der Waals surface area contributed by atoms with Gasteiger partial charge in [0.2, 0.25) is 5.91 Å². The van der Waals surface area contributed by atoms with E-state index in [1.54, 1.807) is 23.1 Å². The Bertz CT molecular complexity index is 731. The molecule has 3 rings (SSSR count). The van der Waals surface area contributed by atoms with Gasteiger partial charge in [0.15, 0.2) is 0 Å². The summed E-state index contributed by atoms with van der Waals surface area (Å²) in [5, 5.41) is 10.0. The molecule has 1 aromatic carbocycles. The van der Waals surface area contributed by atoms with Crippen LogP contribution in [0.4, 0.5) is 0 Å². The van der Waals surface area contributed by atoms with Crippen molar-refractivity contribution in [3.05, 3.63) is 32.9 Å². The van der Waals surface area contributed by atoms with Crippen LogP contribution >= 0.6 is 22.9 Å². The van der Waals surface area contributed by atoms with Gasteiger partial charge in [-0.1, -0.05) is 22.9 Å². The monoisotopic (exact) mass is 326 g/mol. The van der Waals surface area contributed by atoms with E-state index in [9.17, 15) is 14.7 Å². The summed E-state index contributed by atoms with van der Waals surface area (Å²) in [6, 6.07) is 5.24. The van der Waals surface area contributed by atoms with Crippen molar-refractivity contribution < 1.29 is 9.90 Å². The third kappa shape index (κ3) is 2.97. The molecule has 5 nitrogen and oxygen atoms in total. The number of hydrogen-bond donors (Lipinski definition) is 1. The maximum absolute atomic E-state index is 12.3. The number of likely N-dealkylation sites (tertiary alicyclic amines) is 1. The largest absolute Gasteiger partial charge is 0.393 e. The first kappa shape index (κ1) is 14.6. The van der Waals surface area contributed by atoms with Gasteiger partial charge < -0.3 is 10.0 Å². The second-order valence-electron chi connectivity index (χ2n) is 5.18. The van der Waals surface area contributed by atoms with Crippen LogP contribution in [0.1, 0.15) is 12.8 Å². The normalized spacial score (nSPS) is 16.6. The zero-order valence-electron chi connectivity index (χ0n) is 11.3. The highest BCUT2D eigenvalue weighted by Crippen LogP contribution is 2.22. The molecule has 1 aliphatic rings. The number of amides is 1. The lowest BCUT2D eigenvalue weighted by Crippen LogP contribution is -2.42. The molecule has 0 spiro atoms. The average Bonchev–Trinajstić information content (AvgIpc) is 2.76. The van der Waals surface area contributed by atoms with Gasteiger partial charge in [-0.05, 0) is 31.0 Å². The van der Waals surface area contributed by atoms with Crippen LogP contribution in [0.5, 0.6) is 0 Å². The Labute approximate surface area is 130 Å². The molecule has 0 aliphatic carbocycles. The third-order valence-corrected chi connectivity index (χ3v) is 4.94. The van der Waals surface area contributed by atoms with Crippen molar-refractivity contribution in [1.29, 1.82) is 0 Å². The van der Waals surface area contributed by atoms with Crippen LogP contribution < -0.4 is 4.87 Å². The standard InChI is InChI=1S/C14H15ClN2O3S/c15-9-1-2-12-11(7-9)17(14(20)21-12)8-13(19)16-5-3-10(18)4-6-16/h1-2,7,10,18H,3-6,8H2. The fourth-order valence-electron chi connectivity index (χ4n) is 2.54. The predicted octanol–water partition coefficient (Wildman–Crippen LogP) is 1.70. The first-order chi connectivity index (χ1) is 10.0. The molecule has 1 amide bonds. The van der Waals surface area contributed by atoms with Crippen molar-refractivity contribution in [2.24, 2.45) is 0 Å². The average molecular weight is 327 g/mol. The number of aliphatic hydroxyl groups is 1. The minimum atomic E-state index is -0.322. The molecule has 1 fully saturated rings. The van der Waals surface area contributed by atoms with E-state index < -0.39 is 0 Å². The minimum Gasteiger partial charge on any atom is -0.393 e. The number of thiazole rings is 1. The van der Waals surface area contributed by atoms with Gasteiger partial charge in [0.05, 0.1) is 16.3 Å². The van der Waals surface area contributed by atoms with E-state index in [1.807, 2.05) is 0 Å². The number of carbonyl (C=O) groups is 1. The molecule has 0 unspecified atom stereocenters. The third-order valence-electron chi connectivity index (χ3n) is 3.74. The summed E-state index contributed by atoms with van der Waals surface area (Å²) < 4.78 is 2.30. The van der Waals surface area contributed by atoms with Crippen molar-refractivity contribution in [3.63, 3.8) is 0 Å². The number of aliphatic hydroxyl groups excluding tert-OH is 1. The van der Waals surface area contributed by atoms with E-state index >= 15 is 0 Å². The van der Waals surface area contributed by atoms with Crippen LogP contribution in [0.3, 0.4) is 0 Å². The van der Waals surface area contributed by atoms with Crippen LogP contribution in [0.15, 0.2) is 23.0 Å². The number of aromatic nitrogens is 1. The summed E-state index contributed by atoms with van der Waals surface area (Å²) in [5.74, 6) is -0.0938. The topological polar surface area (TPSA) is 62.5 Å². The van der Waals surface area contributed by atoms with Crippen LogP contribution in [0, 0.1) is 0 Å². The zero-order chi connectivity index (χ0) is 15.0. The Morgan fingerprint density at radius 1 is 1.38 bits per heavy atom. The van der Waals surface area contributed by atoms with Crippen molar-refractivity contribution in [2.45, 2.75) is 25.5 Å². The van der Waals surface area contributed by atoms with Crippen molar-refractivity contribution >= 4 is 39.1 Å². The van der Waals surface area contributed by atoms with Crippen molar-refractivity contribution in [3.8, 4) is 0 Å². The summed E-state index contributed by atoms with van der Waals surface area (Å²) >= 11 is 7.08. The summed E-state index contributed by atoms with van der Waals surface area (Å²) in [4.78, 5) is 25.9. The molecule has 0 radical (unpaired) electrons. The molecule has 0 saturated carbocycles. The number of carbonyl (C=O) groups excluding carboxylic acids is 1. The molecule has 0 atom stereocenters. The molecule has 1 aromatic heterocycles. The van der Waals surface area contributed by atoms with Crippen LogP contribution in [0.2, 0.25) is 5.02 Å². The molecule has 0 bridgehead atoms. The lowest BCUT2D eigenvalue weighted by Gasteiger charge is -2.29. The van der Waals surface area contributed by atoms with E-state index in [0.717, 1.165) is 16.0 Å². The highest BCUT2D eigenvalue weighted by molar-refractivity contribution is 7.16. The molecule has 21 heavy (non-hydrogen) atoms. The van der Waals surface area contributed by atoms with Gasteiger partial charge in [-0.3, -0.25) is 14.2 Å². The molecule has 1 saturated heterocycles. The molecule has 2 heterocycles. The van der Waals surface area contributed by atoms with E-state index in [0.29, 0.717) is 36.5 Å². The summed E-state index contributed by atoms with van der Waals surface area (Å²) in [7, 11) is 0. The van der Waals surface area contributed by atoms with Crippen LogP contribution in [-0.4, -0.2) is 39.7 Å². The number of benzene rings is 1. The van der Waals surface area contributed by atoms with E-state index in [1.165, 1.54) is 4.57 Å². The van der Waals surface area contributed by atoms with Gasteiger partial charge in [-0.15, -0.1) is 0 Å². The minimum absolute atomic E-state index is 0.0231. The number of hydrogen-bond acceptors (Lipinski definition) is 4. The fraction of sp³-hybridized carbons (Fsp3) is 0.429. The molecule has 112 valence electrons. The maximum Gasteiger partial charge on any atom is 0.308 e. The SMILES string of the molecule is O=C(Cn1c(=O)sc2ccc(Cl)cc21)N1CCC(O)CC1. The summed E-state index contributed by atoms with van der Waals surface area (Å²) in [6.07, 6.45) is 0.866. The zero-order valence-corrected chi connectivity index (χ0v) is 12.9. The van der Waals surface area contributed by atoms with E-state index in [2.05, 4.69) is 0 Å². The van der Waals surface area contributed by atoms with Crippen LogP contribution in [0.25, 0.3) is 10.2 Å². The van der Waals surface area contributed by atoms with Gasteiger partial charge in [-0.2, -0.15) is 0 Å². The Morgan fingerprint density at radius 2 is 2.10 bits per heavy atom. The van der Waals surface area contributed by atoms with Gasteiger partial charge >= 0.3 is 4.87 Å². The fourth-order valence-corrected chi connectivity index (χ4v) is 3.57. The molecule has 1 aliphatic heterocycles. The number of fused-ring (bicyclic) bond motifs is 1. The first-order valence-electron chi connectivity index (χ1n) is 6.79. The Balaban J connectivity index is 1.84. The number of piperidine rings is 1. The quantitative estimate of drug-likeness (QED) is 0.913. The van der Waals surface area contributed by atoms with Gasteiger partial charge in [0, 0.05) is 18.1 Å². The maximum atomic E-state index is 12.3. The Morgan fingerprint density at radius 3 is 2.81 bits per heavy atom. The van der Waals surface area contributed by atoms with Gasteiger partial charge in [0.25, 0.3) is 0 Å². The highest BCUT2D eigenvalue weighted by Gasteiger charge is 2.22. The number of nitrogens with zero attached hydrogens (tertiary/aromatic N) is 2. The summed E-state index contributed by atoms with van der Waals surface area (Å²) in [5.41, 5.74) is 0.697. The van der Waals surface area contributed by atoms with Crippen molar-refractivity contribution in [1.82, 2.24) is 9.47 Å². The Kier molecular flexibility index (Phi) is 4.01. The van der Waals surface area contributed by atoms with E-state index in [4.69, 9.17) is 11.6 Å². The molecule has 2 aromatic rings. The molecule has 1 N–H and O–H groups in total. The first-order valence-corrected chi connectivity index (χ1v) is 7.99.